The highest BCUT2D eigenvalue weighted by atomic mass is 16.4. The quantitative estimate of drug-likeness (QED) is 0.744. The molecule has 6 nitrogen and oxygen atoms in total. The number of nitrogens with one attached hydrogen (secondary N) is 2. The van der Waals surface area contributed by atoms with Gasteiger partial charge in [0.05, 0.1) is 0 Å². The highest BCUT2D eigenvalue weighted by Gasteiger charge is 2.06. The van der Waals surface area contributed by atoms with E-state index in [1.807, 2.05) is 0 Å². The molecule has 2 rings (SSSR count). The molecule has 2 aromatic rings. The summed E-state index contributed by atoms with van der Waals surface area (Å²) in [7, 11) is 0. The average molecular weight is 284 g/mol. The predicted octanol–water partition coefficient (Wildman–Crippen LogP) is 1.72. The third-order valence-electron chi connectivity index (χ3n) is 2.62. The van der Waals surface area contributed by atoms with E-state index in [1.165, 1.54) is 24.4 Å². The number of aliphatic carboxylic acids is 1. The SMILES string of the molecule is O=C(O)/C=C/c1ccc(NC(=O)c2cc[nH]c(=O)c2)cc1. The number of pyridine rings is 1. The largest absolute Gasteiger partial charge is 0.478 e. The summed E-state index contributed by atoms with van der Waals surface area (Å²) >= 11 is 0. The van der Waals surface area contributed by atoms with Crippen LogP contribution in [0.15, 0.2) is 53.5 Å². The minimum absolute atomic E-state index is 0.258. The molecule has 0 unspecified atom stereocenters. The van der Waals surface area contributed by atoms with E-state index in [1.54, 1.807) is 24.3 Å². The number of hydrogen-bond acceptors (Lipinski definition) is 3. The summed E-state index contributed by atoms with van der Waals surface area (Å²) in [5.74, 6) is -1.42. The van der Waals surface area contributed by atoms with Crippen LogP contribution < -0.4 is 10.9 Å². The fourth-order valence-electron chi connectivity index (χ4n) is 1.63. The van der Waals surface area contributed by atoms with Crippen LogP contribution in [-0.2, 0) is 4.79 Å². The number of carboxylic acid groups (broad SMARTS) is 1. The number of aromatic amines is 1. The molecule has 1 heterocycles. The lowest BCUT2D eigenvalue weighted by Gasteiger charge is -2.05. The second-order valence-corrected chi connectivity index (χ2v) is 4.19. The van der Waals surface area contributed by atoms with Gasteiger partial charge in [0.15, 0.2) is 0 Å². The Morgan fingerprint density at radius 2 is 1.86 bits per heavy atom. The molecule has 1 aromatic heterocycles. The average Bonchev–Trinajstić information content (AvgIpc) is 2.46. The van der Waals surface area contributed by atoms with Gasteiger partial charge in [0.2, 0.25) is 5.56 Å². The summed E-state index contributed by atoms with van der Waals surface area (Å²) in [5, 5.41) is 11.2. The van der Waals surface area contributed by atoms with Gasteiger partial charge in [-0.15, -0.1) is 0 Å². The third-order valence-corrected chi connectivity index (χ3v) is 2.62. The summed E-state index contributed by atoms with van der Waals surface area (Å²) in [5.41, 5.74) is 1.16. The number of anilines is 1. The van der Waals surface area contributed by atoms with E-state index >= 15 is 0 Å². The Hall–Kier alpha value is -3.15. The van der Waals surface area contributed by atoms with Crippen LogP contribution >= 0.6 is 0 Å². The fraction of sp³-hybridized carbons (Fsp3) is 0. The van der Waals surface area contributed by atoms with Crippen molar-refractivity contribution in [3.63, 3.8) is 0 Å². The zero-order valence-corrected chi connectivity index (χ0v) is 10.9. The second-order valence-electron chi connectivity index (χ2n) is 4.19. The maximum absolute atomic E-state index is 11.9. The number of hydrogen-bond donors (Lipinski definition) is 3. The molecule has 0 atom stereocenters. The molecule has 0 aliphatic carbocycles. The first-order chi connectivity index (χ1) is 10.0. The summed E-state index contributed by atoms with van der Waals surface area (Å²) in [6, 6.07) is 9.35. The Bertz CT molecular complexity index is 745. The molecule has 6 heteroatoms. The van der Waals surface area contributed by atoms with Crippen molar-refractivity contribution in [1.82, 2.24) is 4.98 Å². The van der Waals surface area contributed by atoms with Gasteiger partial charge < -0.3 is 15.4 Å². The molecule has 3 N–H and O–H groups in total. The zero-order chi connectivity index (χ0) is 15.2. The highest BCUT2D eigenvalue weighted by Crippen LogP contribution is 2.12. The van der Waals surface area contributed by atoms with Crippen LogP contribution in [0.2, 0.25) is 0 Å². The minimum atomic E-state index is -1.03. The Balaban J connectivity index is 2.08. The molecule has 0 spiro atoms. The molecule has 0 bridgehead atoms. The lowest BCUT2D eigenvalue weighted by Crippen LogP contribution is -2.15. The minimum Gasteiger partial charge on any atom is -0.478 e. The lowest BCUT2D eigenvalue weighted by atomic mass is 10.2. The Kier molecular flexibility index (Phi) is 4.30. The molecule has 1 amide bonds. The molecule has 0 saturated heterocycles. The molecule has 0 aliphatic rings. The molecule has 0 aliphatic heterocycles. The van der Waals surface area contributed by atoms with E-state index in [9.17, 15) is 14.4 Å². The first-order valence-corrected chi connectivity index (χ1v) is 6.06. The van der Waals surface area contributed by atoms with E-state index in [0.29, 0.717) is 11.3 Å². The first kappa shape index (κ1) is 14.3. The van der Waals surface area contributed by atoms with Crippen LogP contribution in [-0.4, -0.2) is 22.0 Å². The number of rotatable bonds is 4. The summed E-state index contributed by atoms with van der Waals surface area (Å²) in [6.45, 7) is 0. The van der Waals surface area contributed by atoms with Crippen molar-refractivity contribution < 1.29 is 14.7 Å². The number of carbonyl (C=O) groups excluding carboxylic acids is 1. The maximum Gasteiger partial charge on any atom is 0.328 e. The molecule has 106 valence electrons. The van der Waals surface area contributed by atoms with Gasteiger partial charge in [-0.25, -0.2) is 4.79 Å². The molecular weight excluding hydrogens is 272 g/mol. The van der Waals surface area contributed by atoms with Gasteiger partial charge in [-0.1, -0.05) is 12.1 Å². The van der Waals surface area contributed by atoms with Crippen LogP contribution in [0.5, 0.6) is 0 Å². The van der Waals surface area contributed by atoms with Crippen molar-refractivity contribution in [2.75, 3.05) is 5.32 Å². The van der Waals surface area contributed by atoms with Gasteiger partial charge >= 0.3 is 5.97 Å². The number of amides is 1. The highest BCUT2D eigenvalue weighted by molar-refractivity contribution is 6.04. The van der Waals surface area contributed by atoms with Crippen molar-refractivity contribution in [1.29, 1.82) is 0 Å². The van der Waals surface area contributed by atoms with Crippen LogP contribution in [0.3, 0.4) is 0 Å². The van der Waals surface area contributed by atoms with E-state index in [2.05, 4.69) is 10.3 Å². The maximum atomic E-state index is 11.9. The topological polar surface area (TPSA) is 99.3 Å². The summed E-state index contributed by atoms with van der Waals surface area (Å²) in [6.07, 6.45) is 3.88. The zero-order valence-electron chi connectivity index (χ0n) is 10.9. The van der Waals surface area contributed by atoms with Crippen LogP contribution in [0.1, 0.15) is 15.9 Å². The predicted molar refractivity (Wildman–Crippen MR) is 78.1 cm³/mol. The van der Waals surface area contributed by atoms with Crippen molar-refractivity contribution >= 4 is 23.6 Å². The van der Waals surface area contributed by atoms with Crippen LogP contribution in [0.4, 0.5) is 5.69 Å². The van der Waals surface area contributed by atoms with Gasteiger partial charge in [-0.05, 0) is 29.8 Å². The Labute approximate surface area is 119 Å². The van der Waals surface area contributed by atoms with Crippen molar-refractivity contribution in [3.8, 4) is 0 Å². The van der Waals surface area contributed by atoms with Crippen molar-refractivity contribution in [2.24, 2.45) is 0 Å². The van der Waals surface area contributed by atoms with Crippen molar-refractivity contribution in [2.45, 2.75) is 0 Å². The van der Waals surface area contributed by atoms with Crippen LogP contribution in [0.25, 0.3) is 6.08 Å². The van der Waals surface area contributed by atoms with E-state index in [0.717, 1.165) is 6.08 Å². The van der Waals surface area contributed by atoms with Gasteiger partial charge in [0, 0.05) is 29.6 Å². The molecule has 21 heavy (non-hydrogen) atoms. The van der Waals surface area contributed by atoms with Gasteiger partial charge in [-0.3, -0.25) is 9.59 Å². The number of aromatic nitrogens is 1. The Morgan fingerprint density at radius 1 is 1.14 bits per heavy atom. The smallest absolute Gasteiger partial charge is 0.328 e. The molecule has 0 saturated carbocycles. The molecule has 0 fully saturated rings. The fourth-order valence-corrected chi connectivity index (χ4v) is 1.63. The number of carboxylic acids is 1. The van der Waals surface area contributed by atoms with Crippen molar-refractivity contribution in [3.05, 3.63) is 70.2 Å². The normalized spacial score (nSPS) is 10.5. The summed E-state index contributed by atoms with van der Waals surface area (Å²) in [4.78, 5) is 35.9. The molecule has 1 aromatic carbocycles. The monoisotopic (exact) mass is 284 g/mol. The number of carbonyl (C=O) groups is 2. The Morgan fingerprint density at radius 3 is 2.48 bits per heavy atom. The molecular formula is C15H12N2O4. The van der Waals surface area contributed by atoms with Crippen LogP contribution in [0, 0.1) is 0 Å². The molecule has 0 radical (unpaired) electrons. The van der Waals surface area contributed by atoms with Gasteiger partial charge in [-0.2, -0.15) is 0 Å². The van der Waals surface area contributed by atoms with Gasteiger partial charge in [0.1, 0.15) is 0 Å². The lowest BCUT2D eigenvalue weighted by molar-refractivity contribution is -0.131. The van der Waals surface area contributed by atoms with E-state index in [4.69, 9.17) is 5.11 Å². The number of H-pyrrole nitrogens is 1. The first-order valence-electron chi connectivity index (χ1n) is 6.06. The second kappa shape index (κ2) is 6.33. The van der Waals surface area contributed by atoms with Gasteiger partial charge in [0.25, 0.3) is 5.91 Å². The van der Waals surface area contributed by atoms with E-state index in [-0.39, 0.29) is 11.1 Å². The third kappa shape index (κ3) is 4.17. The standard InChI is InChI=1S/C15H12N2O4/c18-13-9-11(7-8-16-13)15(21)17-12-4-1-10(2-5-12)3-6-14(19)20/h1-9H,(H,16,18)(H,17,21)(H,19,20)/b6-3+. The number of benzene rings is 1. The van der Waals surface area contributed by atoms with E-state index < -0.39 is 11.9 Å². The summed E-state index contributed by atoms with van der Waals surface area (Å²) < 4.78 is 0.